The van der Waals surface area contributed by atoms with E-state index >= 15 is 0 Å². The minimum Gasteiger partial charge on any atom is -0.481 e. The van der Waals surface area contributed by atoms with Crippen molar-refractivity contribution in [2.24, 2.45) is 11.5 Å². The lowest BCUT2D eigenvalue weighted by molar-refractivity contribution is -0.148. The molecule has 8 amide bonds. The molecule has 0 fully saturated rings. The van der Waals surface area contributed by atoms with Crippen LogP contribution >= 0.6 is 0 Å². The molecule has 0 heterocycles. The summed E-state index contributed by atoms with van der Waals surface area (Å²) >= 11 is 0. The van der Waals surface area contributed by atoms with Crippen LogP contribution in [0.1, 0.15) is 57.9 Å². The number of rotatable bonds is 29. The van der Waals surface area contributed by atoms with Gasteiger partial charge in [0.05, 0.1) is 31.6 Å². The first-order valence-corrected chi connectivity index (χ1v) is 19.2. The van der Waals surface area contributed by atoms with E-state index in [-0.39, 0.29) is 6.42 Å². The van der Waals surface area contributed by atoms with Crippen LogP contribution in [-0.4, -0.2) is 163 Å². The average molecular weight is 912 g/mol. The molecular weight excluding hydrogens is 858 g/mol. The van der Waals surface area contributed by atoms with Gasteiger partial charge in [-0.15, -0.1) is 0 Å². The fourth-order valence-electron chi connectivity index (χ4n) is 5.56. The molecule has 0 unspecified atom stereocenters. The van der Waals surface area contributed by atoms with Crippen molar-refractivity contribution >= 4 is 71.1 Å². The van der Waals surface area contributed by atoms with Gasteiger partial charge in [-0.2, -0.15) is 0 Å². The Balaban J connectivity index is 3.48. The summed E-state index contributed by atoms with van der Waals surface area (Å²) in [7, 11) is 0. The highest BCUT2D eigenvalue weighted by atomic mass is 16.4. The lowest BCUT2D eigenvalue weighted by Crippen LogP contribution is -2.63. The molecule has 0 spiro atoms. The first kappa shape index (κ1) is 54.8. The van der Waals surface area contributed by atoms with Crippen LogP contribution in [0.25, 0.3) is 0 Å². The topological polar surface area (TPSA) is 462 Å². The number of aliphatic carboxylic acids is 4. The summed E-state index contributed by atoms with van der Waals surface area (Å²) in [4.78, 5) is 150. The molecule has 1 rings (SSSR count). The maximum atomic E-state index is 13.9. The Bertz CT molecular complexity index is 1880. The van der Waals surface area contributed by atoms with Gasteiger partial charge in [-0.25, -0.2) is 4.79 Å². The third-order valence-electron chi connectivity index (χ3n) is 8.84. The number of nitrogens with two attached hydrogens (primary N) is 2. The van der Waals surface area contributed by atoms with E-state index in [9.17, 15) is 78.0 Å². The van der Waals surface area contributed by atoms with Crippen molar-refractivity contribution in [1.29, 1.82) is 0 Å². The van der Waals surface area contributed by atoms with E-state index in [1.807, 2.05) is 10.6 Å². The van der Waals surface area contributed by atoms with Crippen LogP contribution in [-0.2, 0) is 64.0 Å². The van der Waals surface area contributed by atoms with E-state index in [1.54, 1.807) is 18.2 Å². The van der Waals surface area contributed by atoms with Crippen LogP contribution in [0.3, 0.4) is 0 Å². The quantitative estimate of drug-likeness (QED) is 0.0355. The van der Waals surface area contributed by atoms with E-state index in [4.69, 9.17) is 21.7 Å². The van der Waals surface area contributed by atoms with Crippen LogP contribution < -0.4 is 48.7 Å². The largest absolute Gasteiger partial charge is 0.481 e. The Morgan fingerprint density at radius 2 is 0.922 bits per heavy atom. The van der Waals surface area contributed by atoms with Gasteiger partial charge in [0.15, 0.2) is 0 Å². The summed E-state index contributed by atoms with van der Waals surface area (Å²) in [5.74, 6) is -15.8. The zero-order chi connectivity index (χ0) is 48.8. The molecule has 64 heavy (non-hydrogen) atoms. The number of carbonyl (C=O) groups is 12. The molecule has 1 aromatic rings. The third-order valence-corrected chi connectivity index (χ3v) is 8.84. The van der Waals surface area contributed by atoms with Crippen molar-refractivity contribution in [2.45, 2.75) is 113 Å². The average Bonchev–Trinajstić information content (AvgIpc) is 3.20. The number of hydrogen-bond donors (Lipinski definition) is 15. The van der Waals surface area contributed by atoms with E-state index in [1.165, 1.54) is 12.1 Å². The van der Waals surface area contributed by atoms with E-state index in [2.05, 4.69) is 26.6 Å². The maximum Gasteiger partial charge on any atom is 0.326 e. The van der Waals surface area contributed by atoms with Crippen LogP contribution in [0.2, 0.25) is 0 Å². The van der Waals surface area contributed by atoms with Crippen LogP contribution in [0.4, 0.5) is 0 Å². The van der Waals surface area contributed by atoms with E-state index < -0.39 is 171 Å². The Hall–Kier alpha value is -7.26. The van der Waals surface area contributed by atoms with Crippen molar-refractivity contribution in [1.82, 2.24) is 37.2 Å². The summed E-state index contributed by atoms with van der Waals surface area (Å²) in [5, 5.41) is 72.4. The predicted molar refractivity (Wildman–Crippen MR) is 214 cm³/mol. The van der Waals surface area contributed by atoms with E-state index in [0.717, 1.165) is 13.8 Å². The third kappa shape index (κ3) is 20.1. The highest BCUT2D eigenvalue weighted by molar-refractivity contribution is 5.99. The summed E-state index contributed by atoms with van der Waals surface area (Å²) in [6.45, 7) is 1.41. The SMILES string of the molecule is C[C@@H](O)[C@H](NC(=O)[C@H](CCC(=O)O)NC(=O)[C@@H](NC(=O)[C@H](Cc1ccccc1)NC(=O)[C@H](CC(N)=O)NC(=O)[C@H](CCC(=O)O)NC(=O)CN)[C@@H](C)O)C(=O)N[C@@H](CC(=O)O)C(=O)O. The van der Waals surface area contributed by atoms with Crippen LogP contribution in [0.15, 0.2) is 30.3 Å². The van der Waals surface area contributed by atoms with Crippen molar-refractivity contribution in [3.8, 4) is 0 Å². The van der Waals surface area contributed by atoms with Crippen molar-refractivity contribution in [3.63, 3.8) is 0 Å². The van der Waals surface area contributed by atoms with Gasteiger partial charge in [0.25, 0.3) is 0 Å². The molecule has 0 radical (unpaired) electrons. The predicted octanol–water partition coefficient (Wildman–Crippen LogP) is -6.49. The molecule has 0 aliphatic heterocycles. The standard InChI is InChI=1S/C37H53N9O18/c1-16(47)29(35(61)41-20(9-11-27(53)54)32(58)45-30(17(2)48)36(62)44-23(37(63)64)14-28(55)56)46-34(60)21(12-18-6-4-3-5-7-18)42-33(59)22(13-24(39)49)43-31(57)19(8-10-26(51)52)40-25(50)15-38/h3-7,16-17,19-23,29-30,47-48H,8-15,38H2,1-2H3,(H2,39,49)(H,40,50)(H,41,61)(H,42,59)(H,43,57)(H,44,62)(H,45,58)(H,46,60)(H,51,52)(H,53,54)(H,55,56)(H,63,64)/t16-,17-,19+,20+,21+,22+,23+,29+,30+/m1/s1. The first-order chi connectivity index (χ1) is 29.9. The van der Waals surface area contributed by atoms with Gasteiger partial charge >= 0.3 is 23.9 Å². The summed E-state index contributed by atoms with van der Waals surface area (Å²) in [6.07, 6.45) is -8.52. The zero-order valence-corrected chi connectivity index (χ0v) is 34.5. The van der Waals surface area contributed by atoms with Gasteiger partial charge in [0, 0.05) is 19.3 Å². The second-order valence-electron chi connectivity index (χ2n) is 14.2. The van der Waals surface area contributed by atoms with Crippen LogP contribution in [0, 0.1) is 0 Å². The highest BCUT2D eigenvalue weighted by Gasteiger charge is 2.37. The lowest BCUT2D eigenvalue weighted by atomic mass is 10.0. The molecule has 0 aromatic heterocycles. The molecule has 0 bridgehead atoms. The zero-order valence-electron chi connectivity index (χ0n) is 34.5. The number of nitrogens with one attached hydrogen (secondary N) is 7. The Labute approximate surface area is 363 Å². The van der Waals surface area contributed by atoms with Gasteiger partial charge in [0.1, 0.15) is 42.3 Å². The molecule has 9 atom stereocenters. The molecule has 1 aromatic carbocycles. The summed E-state index contributed by atoms with van der Waals surface area (Å²) in [6, 6.07) is -5.18. The van der Waals surface area contributed by atoms with Gasteiger partial charge in [-0.05, 0) is 32.3 Å². The molecular formula is C37H53N9O18. The number of aliphatic hydroxyl groups excluding tert-OH is 2. The first-order valence-electron chi connectivity index (χ1n) is 19.2. The number of carboxylic acid groups (broad SMARTS) is 4. The van der Waals surface area contributed by atoms with Gasteiger partial charge in [0.2, 0.25) is 47.3 Å². The normalized spacial score (nSPS) is 15.0. The molecule has 0 aliphatic rings. The molecule has 27 nitrogen and oxygen atoms in total. The summed E-state index contributed by atoms with van der Waals surface area (Å²) in [5.41, 5.74) is 11.0. The Morgan fingerprint density at radius 1 is 0.516 bits per heavy atom. The number of hydrogen-bond acceptors (Lipinski definition) is 15. The lowest BCUT2D eigenvalue weighted by Gasteiger charge is -2.29. The maximum absolute atomic E-state index is 13.9. The second-order valence-corrected chi connectivity index (χ2v) is 14.2. The minimum absolute atomic E-state index is 0.348. The van der Waals surface area contributed by atoms with Crippen LogP contribution in [0.5, 0.6) is 0 Å². The molecule has 0 saturated carbocycles. The number of primary amides is 1. The molecule has 354 valence electrons. The monoisotopic (exact) mass is 911 g/mol. The molecule has 0 saturated heterocycles. The number of aliphatic hydroxyl groups is 2. The molecule has 17 N–H and O–H groups in total. The van der Waals surface area contributed by atoms with Gasteiger partial charge < -0.3 is 79.3 Å². The van der Waals surface area contributed by atoms with Crippen molar-refractivity contribution < 1.29 is 88.2 Å². The smallest absolute Gasteiger partial charge is 0.326 e. The second kappa shape index (κ2) is 26.9. The molecule has 0 aliphatic carbocycles. The number of carbonyl (C=O) groups excluding carboxylic acids is 8. The van der Waals surface area contributed by atoms with E-state index in [0.29, 0.717) is 5.56 Å². The number of benzene rings is 1. The fourth-order valence-corrected chi connectivity index (χ4v) is 5.56. The Morgan fingerprint density at radius 3 is 1.34 bits per heavy atom. The van der Waals surface area contributed by atoms with Gasteiger partial charge in [-0.1, -0.05) is 30.3 Å². The fraction of sp³-hybridized carbons (Fsp3) is 0.514. The molecule has 27 heteroatoms. The number of amides is 8. The highest BCUT2D eigenvalue weighted by Crippen LogP contribution is 2.09. The number of carboxylic acids is 4. The van der Waals surface area contributed by atoms with Crippen molar-refractivity contribution in [3.05, 3.63) is 35.9 Å². The van der Waals surface area contributed by atoms with Gasteiger partial charge in [-0.3, -0.25) is 52.7 Å². The minimum atomic E-state index is -2.01. The van der Waals surface area contributed by atoms with Crippen molar-refractivity contribution in [2.75, 3.05) is 6.54 Å². The summed E-state index contributed by atoms with van der Waals surface area (Å²) < 4.78 is 0. The Kier molecular flexibility index (Phi) is 23.0.